The number of pyridine rings is 1. The van der Waals surface area contributed by atoms with Gasteiger partial charge in [0.05, 0.1) is 9.95 Å². The molecule has 1 N–H and O–H groups in total. The van der Waals surface area contributed by atoms with Crippen molar-refractivity contribution in [2.45, 2.75) is 18.9 Å². The molecule has 1 aromatic heterocycles. The first-order valence-electron chi connectivity index (χ1n) is 4.89. The van der Waals surface area contributed by atoms with Crippen molar-refractivity contribution >= 4 is 17.4 Å². The molecule has 0 aliphatic carbocycles. The summed E-state index contributed by atoms with van der Waals surface area (Å²) < 4.78 is 0. The van der Waals surface area contributed by atoms with Gasteiger partial charge in [-0.3, -0.25) is 10.1 Å². The van der Waals surface area contributed by atoms with Gasteiger partial charge in [0, 0.05) is 17.9 Å². The van der Waals surface area contributed by atoms with Gasteiger partial charge in [-0.1, -0.05) is 6.92 Å². The number of hydrogen-bond acceptors (Lipinski definition) is 5. The van der Waals surface area contributed by atoms with E-state index in [0.29, 0.717) is 5.56 Å². The maximum atomic E-state index is 10.6. The van der Waals surface area contributed by atoms with E-state index < -0.39 is 4.92 Å². The third-order valence-corrected chi connectivity index (χ3v) is 3.34. The summed E-state index contributed by atoms with van der Waals surface area (Å²) in [6.07, 6.45) is 1.28. The lowest BCUT2D eigenvalue weighted by Gasteiger charge is -2.06. The Kier molecular flexibility index (Phi) is 4.70. The molecule has 1 rings (SSSR count). The second-order valence-corrected chi connectivity index (χ2v) is 4.71. The van der Waals surface area contributed by atoms with Gasteiger partial charge in [0.2, 0.25) is 0 Å². The predicted octanol–water partition coefficient (Wildman–Crippen LogP) is 2.02. The number of nitro groups is 1. The largest absolute Gasteiger partial charge is 0.396 e. The molecule has 1 unspecified atom stereocenters. The first-order valence-corrected chi connectivity index (χ1v) is 5.88. The fraction of sp³-hybridized carbons (Fsp3) is 0.500. The molecule has 0 bridgehead atoms. The van der Waals surface area contributed by atoms with E-state index in [4.69, 9.17) is 5.11 Å². The molecular weight excluding hydrogens is 228 g/mol. The highest BCUT2D eigenvalue weighted by atomic mass is 32.2. The molecule has 5 nitrogen and oxygen atoms in total. The van der Waals surface area contributed by atoms with Gasteiger partial charge in [0.15, 0.2) is 0 Å². The number of aliphatic hydroxyl groups excluding tert-OH is 1. The van der Waals surface area contributed by atoms with Gasteiger partial charge < -0.3 is 5.11 Å². The van der Waals surface area contributed by atoms with Crippen LogP contribution in [0.25, 0.3) is 0 Å². The average Bonchev–Trinajstić information content (AvgIpc) is 2.25. The number of nitrogens with zero attached hydrogens (tertiary/aromatic N) is 2. The van der Waals surface area contributed by atoms with E-state index in [1.54, 1.807) is 13.0 Å². The van der Waals surface area contributed by atoms with Crippen LogP contribution in [-0.2, 0) is 0 Å². The summed E-state index contributed by atoms with van der Waals surface area (Å²) in [5.74, 6) is 0.947. The van der Waals surface area contributed by atoms with E-state index in [9.17, 15) is 10.1 Å². The van der Waals surface area contributed by atoms with Crippen molar-refractivity contribution in [2.75, 3.05) is 12.4 Å². The molecule has 0 aliphatic rings. The Labute approximate surface area is 98.0 Å². The predicted molar refractivity (Wildman–Crippen MR) is 62.6 cm³/mol. The summed E-state index contributed by atoms with van der Waals surface area (Å²) >= 11 is 1.49. The molecule has 0 radical (unpaired) electrons. The van der Waals surface area contributed by atoms with E-state index in [2.05, 4.69) is 4.98 Å². The fourth-order valence-electron chi connectivity index (χ4n) is 1.07. The molecule has 1 atom stereocenters. The number of aromatic nitrogens is 1. The third-order valence-electron chi connectivity index (χ3n) is 2.08. The molecule has 0 aromatic carbocycles. The van der Waals surface area contributed by atoms with Gasteiger partial charge in [-0.25, -0.2) is 4.98 Å². The average molecular weight is 242 g/mol. The topological polar surface area (TPSA) is 76.3 Å². The highest BCUT2D eigenvalue weighted by molar-refractivity contribution is 7.99. The first kappa shape index (κ1) is 12.9. The van der Waals surface area contributed by atoms with Crippen LogP contribution in [-0.4, -0.2) is 27.4 Å². The molecule has 1 heterocycles. The number of thioether (sulfide) groups is 1. The maximum absolute atomic E-state index is 10.6. The monoisotopic (exact) mass is 242 g/mol. The Morgan fingerprint density at radius 2 is 2.38 bits per heavy atom. The van der Waals surface area contributed by atoms with E-state index >= 15 is 0 Å². The van der Waals surface area contributed by atoms with Gasteiger partial charge in [0.25, 0.3) is 5.69 Å². The minimum atomic E-state index is -0.437. The summed E-state index contributed by atoms with van der Waals surface area (Å²) in [4.78, 5) is 14.1. The number of hydrogen-bond donors (Lipinski definition) is 1. The zero-order chi connectivity index (χ0) is 12.1. The van der Waals surface area contributed by atoms with Crippen molar-refractivity contribution in [3.8, 4) is 0 Å². The van der Waals surface area contributed by atoms with Crippen LogP contribution >= 0.6 is 11.8 Å². The molecular formula is C10H14N2O3S. The normalized spacial score (nSPS) is 12.4. The summed E-state index contributed by atoms with van der Waals surface area (Å²) in [5.41, 5.74) is 0.652. The van der Waals surface area contributed by atoms with Crippen molar-refractivity contribution in [2.24, 2.45) is 5.92 Å². The van der Waals surface area contributed by atoms with E-state index in [1.807, 2.05) is 6.92 Å². The SMILES string of the molecule is Cc1cc(SCC(C)CO)ncc1[N+](=O)[O-]. The van der Waals surface area contributed by atoms with Crippen molar-refractivity contribution < 1.29 is 10.0 Å². The molecule has 0 amide bonds. The summed E-state index contributed by atoms with van der Waals surface area (Å²) in [5, 5.41) is 20.2. The van der Waals surface area contributed by atoms with Crippen molar-refractivity contribution in [3.05, 3.63) is 27.9 Å². The summed E-state index contributed by atoms with van der Waals surface area (Å²) in [6, 6.07) is 1.70. The van der Waals surface area contributed by atoms with Crippen LogP contribution in [0.5, 0.6) is 0 Å². The fourth-order valence-corrected chi connectivity index (χ4v) is 2.02. The molecule has 0 aliphatic heterocycles. The maximum Gasteiger partial charge on any atom is 0.290 e. The molecule has 0 saturated heterocycles. The van der Waals surface area contributed by atoms with Crippen LogP contribution in [0.2, 0.25) is 0 Å². The minimum Gasteiger partial charge on any atom is -0.396 e. The third kappa shape index (κ3) is 3.46. The Hall–Kier alpha value is -1.14. The number of rotatable bonds is 5. The minimum absolute atomic E-state index is 0.0413. The van der Waals surface area contributed by atoms with Crippen LogP contribution in [0, 0.1) is 23.0 Å². The molecule has 0 spiro atoms. The van der Waals surface area contributed by atoms with Gasteiger partial charge in [0.1, 0.15) is 6.20 Å². The Morgan fingerprint density at radius 3 is 2.88 bits per heavy atom. The number of aliphatic hydroxyl groups is 1. The first-order chi connectivity index (χ1) is 7.54. The molecule has 0 saturated carbocycles. The van der Waals surface area contributed by atoms with E-state index in [0.717, 1.165) is 10.8 Å². The van der Waals surface area contributed by atoms with Crippen LogP contribution in [0.15, 0.2) is 17.3 Å². The van der Waals surface area contributed by atoms with Gasteiger partial charge in [-0.2, -0.15) is 0 Å². The van der Waals surface area contributed by atoms with E-state index in [1.165, 1.54) is 18.0 Å². The molecule has 0 fully saturated rings. The quantitative estimate of drug-likeness (QED) is 0.485. The Balaban J connectivity index is 2.70. The lowest BCUT2D eigenvalue weighted by molar-refractivity contribution is -0.385. The summed E-state index contributed by atoms with van der Waals surface area (Å²) in [7, 11) is 0. The van der Waals surface area contributed by atoms with Crippen LogP contribution in [0.3, 0.4) is 0 Å². The lowest BCUT2D eigenvalue weighted by atomic mass is 10.2. The second-order valence-electron chi connectivity index (χ2n) is 3.66. The molecule has 88 valence electrons. The van der Waals surface area contributed by atoms with Crippen molar-refractivity contribution in [1.82, 2.24) is 4.98 Å². The Morgan fingerprint density at radius 1 is 1.69 bits per heavy atom. The smallest absolute Gasteiger partial charge is 0.290 e. The van der Waals surface area contributed by atoms with Gasteiger partial charge >= 0.3 is 0 Å². The Bertz CT molecular complexity index is 384. The zero-order valence-corrected chi connectivity index (χ0v) is 10.0. The zero-order valence-electron chi connectivity index (χ0n) is 9.21. The van der Waals surface area contributed by atoms with Crippen LogP contribution in [0.4, 0.5) is 5.69 Å². The van der Waals surface area contributed by atoms with Crippen molar-refractivity contribution in [1.29, 1.82) is 0 Å². The van der Waals surface area contributed by atoms with E-state index in [-0.39, 0.29) is 18.2 Å². The number of aryl methyl sites for hydroxylation is 1. The molecule has 1 aromatic rings. The molecule has 16 heavy (non-hydrogen) atoms. The van der Waals surface area contributed by atoms with Crippen molar-refractivity contribution in [3.63, 3.8) is 0 Å². The van der Waals surface area contributed by atoms with Gasteiger partial charge in [-0.05, 0) is 18.9 Å². The van der Waals surface area contributed by atoms with Crippen LogP contribution in [0.1, 0.15) is 12.5 Å². The second kappa shape index (κ2) is 5.81. The molecule has 6 heteroatoms. The lowest BCUT2D eigenvalue weighted by Crippen LogP contribution is -2.03. The highest BCUT2D eigenvalue weighted by Gasteiger charge is 2.12. The van der Waals surface area contributed by atoms with Gasteiger partial charge in [-0.15, -0.1) is 11.8 Å². The summed E-state index contributed by atoms with van der Waals surface area (Å²) in [6.45, 7) is 3.77. The standard InChI is InChI=1S/C10H14N2O3S/c1-7(5-13)6-16-10-3-8(2)9(4-11-10)12(14)15/h3-4,7,13H,5-6H2,1-2H3. The van der Waals surface area contributed by atoms with Crippen LogP contribution < -0.4 is 0 Å². The highest BCUT2D eigenvalue weighted by Crippen LogP contribution is 2.23.